The minimum Gasteiger partial charge on any atom is -0.478 e. The topological polar surface area (TPSA) is 94.1 Å². The summed E-state index contributed by atoms with van der Waals surface area (Å²) in [5.74, 6) is -1.76. The number of rotatable bonds is 3. The van der Waals surface area contributed by atoms with Crippen LogP contribution >= 0.6 is 0 Å². The molecule has 2 aliphatic rings. The molecule has 7 heteroatoms. The molecule has 0 amide bonds. The molecule has 0 radical (unpaired) electrons. The highest BCUT2D eigenvalue weighted by molar-refractivity contribution is 5.99. The van der Waals surface area contributed by atoms with Gasteiger partial charge in [-0.2, -0.15) is 4.89 Å². The number of ether oxygens (including phenoxy) is 1. The average Bonchev–Trinajstić information content (AvgIpc) is 2.59. The first-order chi connectivity index (χ1) is 11.9. The largest absolute Gasteiger partial charge is 0.478 e. The van der Waals surface area contributed by atoms with Crippen LogP contribution in [0, 0.1) is 0 Å². The van der Waals surface area contributed by atoms with Gasteiger partial charge >= 0.3 is 11.9 Å². The zero-order valence-electron chi connectivity index (χ0n) is 14.2. The Morgan fingerprint density at radius 2 is 1.96 bits per heavy atom. The van der Waals surface area contributed by atoms with Crippen molar-refractivity contribution in [2.45, 2.75) is 26.2 Å². The van der Waals surface area contributed by atoms with Crippen LogP contribution in [0.1, 0.15) is 30.9 Å². The Bertz CT molecular complexity index is 808. The highest BCUT2D eigenvalue weighted by atomic mass is 17.2. The quantitative estimate of drug-likeness (QED) is 0.639. The van der Waals surface area contributed by atoms with E-state index in [1.807, 2.05) is 6.07 Å². The van der Waals surface area contributed by atoms with Crippen molar-refractivity contribution >= 4 is 11.9 Å². The number of hydrogen-bond donors (Lipinski definition) is 2. The lowest BCUT2D eigenvalue weighted by Gasteiger charge is -2.30. The number of carbonyl (C=O) groups excluding carboxylic acids is 1. The summed E-state index contributed by atoms with van der Waals surface area (Å²) in [5.41, 5.74) is 3.10. The van der Waals surface area contributed by atoms with Gasteiger partial charge in [0.15, 0.2) is 5.75 Å². The molecule has 0 saturated carbocycles. The van der Waals surface area contributed by atoms with Gasteiger partial charge in [0, 0.05) is 23.4 Å². The molecule has 0 aliphatic carbocycles. The number of hydrogen-bond acceptors (Lipinski definition) is 6. The lowest BCUT2D eigenvalue weighted by atomic mass is 9.80. The van der Waals surface area contributed by atoms with Gasteiger partial charge in [-0.15, -0.1) is 0 Å². The zero-order chi connectivity index (χ0) is 18.1. The minimum absolute atomic E-state index is 0.124. The molecule has 2 heterocycles. The van der Waals surface area contributed by atoms with E-state index < -0.39 is 17.9 Å². The number of esters is 1. The molecule has 132 valence electrons. The number of aliphatic carboxylic acids is 1. The zero-order valence-corrected chi connectivity index (χ0v) is 14.2. The van der Waals surface area contributed by atoms with Crippen LogP contribution in [-0.4, -0.2) is 30.8 Å². The predicted molar refractivity (Wildman–Crippen MR) is 87.7 cm³/mol. The van der Waals surface area contributed by atoms with Crippen LogP contribution in [0.4, 0.5) is 0 Å². The van der Waals surface area contributed by atoms with Crippen molar-refractivity contribution in [2.24, 2.45) is 0 Å². The third kappa shape index (κ3) is 2.98. The van der Waals surface area contributed by atoms with Crippen molar-refractivity contribution in [3.63, 3.8) is 0 Å². The van der Waals surface area contributed by atoms with Crippen LogP contribution in [-0.2, 0) is 25.6 Å². The molecule has 3 rings (SSSR count). The Morgan fingerprint density at radius 3 is 2.64 bits per heavy atom. The summed E-state index contributed by atoms with van der Waals surface area (Å²) in [6.45, 7) is 3.84. The van der Waals surface area contributed by atoms with Gasteiger partial charge in [0.05, 0.1) is 30.8 Å². The number of fused-ring (bicyclic) bond motifs is 1. The summed E-state index contributed by atoms with van der Waals surface area (Å²) in [7, 11) is 1.28. The van der Waals surface area contributed by atoms with Crippen LogP contribution < -0.4 is 10.2 Å². The number of benzene rings is 1. The third-order valence-corrected chi connectivity index (χ3v) is 4.42. The van der Waals surface area contributed by atoms with E-state index in [2.05, 4.69) is 5.32 Å². The van der Waals surface area contributed by atoms with Crippen LogP contribution in [0.15, 0.2) is 40.7 Å². The Balaban J connectivity index is 2.17. The maximum atomic E-state index is 12.3. The number of carboxylic acids is 1. The van der Waals surface area contributed by atoms with Gasteiger partial charge < -0.3 is 20.0 Å². The van der Waals surface area contributed by atoms with Crippen LogP contribution in [0.2, 0.25) is 0 Å². The Labute approximate surface area is 144 Å². The van der Waals surface area contributed by atoms with Crippen molar-refractivity contribution in [2.75, 3.05) is 13.7 Å². The molecular weight excluding hydrogens is 326 g/mol. The second-order valence-corrected chi connectivity index (χ2v) is 5.95. The second-order valence-electron chi connectivity index (χ2n) is 5.95. The first-order valence-electron chi connectivity index (χ1n) is 7.86. The first kappa shape index (κ1) is 17.0. The summed E-state index contributed by atoms with van der Waals surface area (Å²) in [5, 5.41) is 12.7. The molecule has 1 unspecified atom stereocenters. The van der Waals surface area contributed by atoms with E-state index in [1.54, 1.807) is 26.0 Å². The highest BCUT2D eigenvalue weighted by Crippen LogP contribution is 2.40. The van der Waals surface area contributed by atoms with E-state index in [-0.39, 0.29) is 5.57 Å². The van der Waals surface area contributed by atoms with Crippen molar-refractivity contribution in [1.82, 2.24) is 5.32 Å². The monoisotopic (exact) mass is 345 g/mol. The highest BCUT2D eigenvalue weighted by Gasteiger charge is 2.37. The van der Waals surface area contributed by atoms with Gasteiger partial charge in [-0.1, -0.05) is 12.1 Å². The normalized spacial score (nSPS) is 19.7. The van der Waals surface area contributed by atoms with Gasteiger partial charge in [-0.3, -0.25) is 0 Å². The van der Waals surface area contributed by atoms with Gasteiger partial charge in [-0.25, -0.2) is 9.59 Å². The van der Waals surface area contributed by atoms with Crippen LogP contribution in [0.5, 0.6) is 5.75 Å². The summed E-state index contributed by atoms with van der Waals surface area (Å²) in [6, 6.07) is 5.33. The molecule has 1 aromatic carbocycles. The number of methoxy groups -OCH3 is 1. The molecule has 0 spiro atoms. The molecule has 25 heavy (non-hydrogen) atoms. The van der Waals surface area contributed by atoms with E-state index in [0.717, 1.165) is 5.56 Å². The Hall–Kier alpha value is -2.80. The fourth-order valence-electron chi connectivity index (χ4n) is 3.30. The van der Waals surface area contributed by atoms with Gasteiger partial charge in [0.2, 0.25) is 0 Å². The Morgan fingerprint density at radius 1 is 1.24 bits per heavy atom. The van der Waals surface area contributed by atoms with Crippen molar-refractivity contribution in [3.8, 4) is 5.75 Å². The van der Waals surface area contributed by atoms with Crippen LogP contribution in [0.25, 0.3) is 0 Å². The fraction of sp³-hybridized carbons (Fsp3) is 0.333. The van der Waals surface area contributed by atoms with Gasteiger partial charge in [0.1, 0.15) is 0 Å². The summed E-state index contributed by atoms with van der Waals surface area (Å²) in [4.78, 5) is 34.3. The predicted octanol–water partition coefficient (Wildman–Crippen LogP) is 2.05. The van der Waals surface area contributed by atoms with Crippen molar-refractivity contribution in [3.05, 3.63) is 51.9 Å². The minimum atomic E-state index is -1.08. The summed E-state index contributed by atoms with van der Waals surface area (Å²) < 4.78 is 4.89. The van der Waals surface area contributed by atoms with Crippen molar-refractivity contribution in [1.29, 1.82) is 0 Å². The maximum Gasteiger partial charge on any atom is 0.336 e. The first-order valence-corrected chi connectivity index (χ1v) is 7.86. The molecule has 0 aromatic heterocycles. The SMILES string of the molecule is COC(=O)C1=C(C)NC(C)=C(C(=O)O)C1c1ccc2c(c1)CCOO2. The second kappa shape index (κ2) is 6.60. The molecule has 1 aromatic rings. The lowest BCUT2D eigenvalue weighted by Crippen LogP contribution is -2.31. The lowest BCUT2D eigenvalue weighted by molar-refractivity contribution is -0.215. The molecule has 2 aliphatic heterocycles. The third-order valence-electron chi connectivity index (χ3n) is 4.42. The van der Waals surface area contributed by atoms with E-state index >= 15 is 0 Å². The van der Waals surface area contributed by atoms with Crippen molar-refractivity contribution < 1.29 is 29.2 Å². The van der Waals surface area contributed by atoms with Crippen LogP contribution in [0.3, 0.4) is 0 Å². The number of nitrogens with one attached hydrogen (secondary N) is 1. The summed E-state index contributed by atoms with van der Waals surface area (Å²) >= 11 is 0. The maximum absolute atomic E-state index is 12.3. The number of carbonyl (C=O) groups is 2. The number of allylic oxidation sites excluding steroid dienone is 2. The molecule has 0 saturated heterocycles. The molecule has 1 atom stereocenters. The van der Waals surface area contributed by atoms with E-state index in [4.69, 9.17) is 14.5 Å². The molecule has 2 N–H and O–H groups in total. The van der Waals surface area contributed by atoms with Gasteiger partial charge in [-0.05, 0) is 25.5 Å². The number of dihydropyridines is 1. The number of carboxylic acid groups (broad SMARTS) is 1. The summed E-state index contributed by atoms with van der Waals surface area (Å²) in [6.07, 6.45) is 0.648. The average molecular weight is 345 g/mol. The molecular formula is C18H19NO6. The standard InChI is InChI=1S/C18H19NO6/c1-9-14(17(20)21)16(15(10(2)19-9)18(22)23-3)12-4-5-13-11(8-12)6-7-24-25-13/h4-5,8,16,19H,6-7H2,1-3H3,(H,20,21). The fourth-order valence-corrected chi connectivity index (χ4v) is 3.30. The molecule has 7 nitrogen and oxygen atoms in total. The molecule has 0 bridgehead atoms. The van der Waals surface area contributed by atoms with E-state index in [1.165, 1.54) is 7.11 Å². The molecule has 0 fully saturated rings. The van der Waals surface area contributed by atoms with Gasteiger partial charge in [0.25, 0.3) is 0 Å². The van der Waals surface area contributed by atoms with E-state index in [9.17, 15) is 14.7 Å². The smallest absolute Gasteiger partial charge is 0.336 e. The van der Waals surface area contributed by atoms with E-state index in [0.29, 0.717) is 41.3 Å². The Kier molecular flexibility index (Phi) is 4.50.